The van der Waals surface area contributed by atoms with E-state index in [0.29, 0.717) is 11.8 Å². The minimum atomic E-state index is 0.159. The monoisotopic (exact) mass is 231 g/mol. The predicted octanol–water partition coefficient (Wildman–Crippen LogP) is 2.71. The van der Waals surface area contributed by atoms with E-state index in [1.54, 1.807) is 12.1 Å². The molecule has 2 nitrogen and oxygen atoms in total. The Balaban J connectivity index is 2.46. The van der Waals surface area contributed by atoms with Crippen molar-refractivity contribution in [1.29, 1.82) is 0 Å². The number of hydrogen-bond donors (Lipinski definition) is 2. The molecule has 2 N–H and O–H groups in total. The molecular formula is C15H21NO. The van der Waals surface area contributed by atoms with Crippen LogP contribution in [-0.2, 0) is 6.42 Å². The molecule has 2 unspecified atom stereocenters. The fourth-order valence-corrected chi connectivity index (χ4v) is 1.89. The van der Waals surface area contributed by atoms with E-state index in [0.717, 1.165) is 19.3 Å². The van der Waals surface area contributed by atoms with Gasteiger partial charge in [0.05, 0.1) is 6.04 Å². The Morgan fingerprint density at radius 2 is 2.00 bits per heavy atom. The summed E-state index contributed by atoms with van der Waals surface area (Å²) in [5.41, 5.74) is 1.20. The molecule has 0 aliphatic carbocycles. The summed E-state index contributed by atoms with van der Waals surface area (Å²) < 4.78 is 0. The van der Waals surface area contributed by atoms with Crippen molar-refractivity contribution >= 4 is 0 Å². The first-order valence-corrected chi connectivity index (χ1v) is 6.15. The molecule has 2 atom stereocenters. The minimum Gasteiger partial charge on any atom is -0.508 e. The van der Waals surface area contributed by atoms with E-state index in [9.17, 15) is 5.11 Å². The maximum Gasteiger partial charge on any atom is 0.115 e. The third-order valence-corrected chi connectivity index (χ3v) is 2.74. The van der Waals surface area contributed by atoms with Gasteiger partial charge in [-0.1, -0.05) is 31.4 Å². The Hall–Kier alpha value is -1.46. The van der Waals surface area contributed by atoms with Crippen LogP contribution in [0.15, 0.2) is 24.3 Å². The van der Waals surface area contributed by atoms with E-state index >= 15 is 0 Å². The van der Waals surface area contributed by atoms with Crippen molar-refractivity contribution in [2.45, 2.75) is 45.2 Å². The van der Waals surface area contributed by atoms with Crippen molar-refractivity contribution < 1.29 is 5.11 Å². The van der Waals surface area contributed by atoms with Crippen molar-refractivity contribution in [1.82, 2.24) is 5.32 Å². The lowest BCUT2D eigenvalue weighted by Crippen LogP contribution is -2.36. The zero-order valence-corrected chi connectivity index (χ0v) is 10.6. The van der Waals surface area contributed by atoms with Gasteiger partial charge in [-0.25, -0.2) is 0 Å². The molecule has 1 aromatic carbocycles. The van der Waals surface area contributed by atoms with Crippen LogP contribution in [0.1, 0.15) is 32.3 Å². The number of phenols is 1. The van der Waals surface area contributed by atoms with Gasteiger partial charge in [-0.2, -0.15) is 0 Å². The highest BCUT2D eigenvalue weighted by molar-refractivity contribution is 5.26. The number of phenolic OH excluding ortho intramolecular Hbond substituents is 1. The fraction of sp³-hybridized carbons (Fsp3) is 0.467. The smallest absolute Gasteiger partial charge is 0.115 e. The number of hydrogen-bond acceptors (Lipinski definition) is 2. The molecule has 92 valence electrons. The Labute approximate surface area is 104 Å². The van der Waals surface area contributed by atoms with Crippen molar-refractivity contribution in [3.63, 3.8) is 0 Å². The number of rotatable bonds is 6. The summed E-state index contributed by atoms with van der Waals surface area (Å²) in [5.74, 6) is 3.08. The average Bonchev–Trinajstić information content (AvgIpc) is 2.31. The first-order chi connectivity index (χ1) is 8.15. The quantitative estimate of drug-likeness (QED) is 0.738. The van der Waals surface area contributed by atoms with Gasteiger partial charge in [-0.15, -0.1) is 6.42 Å². The molecule has 0 saturated heterocycles. The summed E-state index contributed by atoms with van der Waals surface area (Å²) in [4.78, 5) is 0. The minimum absolute atomic E-state index is 0.159. The molecule has 2 heteroatoms. The zero-order chi connectivity index (χ0) is 12.7. The first-order valence-electron chi connectivity index (χ1n) is 6.15. The van der Waals surface area contributed by atoms with Crippen LogP contribution in [-0.4, -0.2) is 17.2 Å². The lowest BCUT2D eigenvalue weighted by molar-refractivity contribution is 0.471. The van der Waals surface area contributed by atoms with Crippen LogP contribution < -0.4 is 5.32 Å². The first kappa shape index (κ1) is 13.6. The molecule has 1 aromatic rings. The van der Waals surface area contributed by atoms with E-state index in [2.05, 4.69) is 25.1 Å². The summed E-state index contributed by atoms with van der Waals surface area (Å²) in [6, 6.07) is 7.81. The van der Waals surface area contributed by atoms with Gasteiger partial charge in [0.25, 0.3) is 0 Å². The standard InChI is InChI=1S/C15H21NO/c1-4-6-14(5-2)16-12(3)11-13-7-9-15(17)10-8-13/h2,7-10,12,14,16-17H,4,6,11H2,1,3H3. The molecular weight excluding hydrogens is 210 g/mol. The zero-order valence-electron chi connectivity index (χ0n) is 10.6. The van der Waals surface area contributed by atoms with Crippen LogP contribution in [0, 0.1) is 12.3 Å². The molecule has 0 aliphatic heterocycles. The third kappa shape index (κ3) is 4.93. The average molecular weight is 231 g/mol. The van der Waals surface area contributed by atoms with Crippen LogP contribution in [0.25, 0.3) is 0 Å². The highest BCUT2D eigenvalue weighted by atomic mass is 16.3. The van der Waals surface area contributed by atoms with Gasteiger partial charge >= 0.3 is 0 Å². The Bertz CT molecular complexity index is 364. The van der Waals surface area contributed by atoms with E-state index in [4.69, 9.17) is 6.42 Å². The highest BCUT2D eigenvalue weighted by Crippen LogP contribution is 2.11. The second kappa shape index (κ2) is 6.98. The van der Waals surface area contributed by atoms with Crippen LogP contribution in [0.5, 0.6) is 5.75 Å². The highest BCUT2D eigenvalue weighted by Gasteiger charge is 2.09. The molecule has 0 aromatic heterocycles. The predicted molar refractivity (Wildman–Crippen MR) is 71.9 cm³/mol. The van der Waals surface area contributed by atoms with Crippen LogP contribution in [0.4, 0.5) is 0 Å². The molecule has 0 aliphatic rings. The molecule has 0 amide bonds. The van der Waals surface area contributed by atoms with Gasteiger partial charge in [0.1, 0.15) is 5.75 Å². The van der Waals surface area contributed by atoms with E-state index in [1.165, 1.54) is 5.56 Å². The number of terminal acetylenes is 1. The van der Waals surface area contributed by atoms with Gasteiger partial charge in [0.2, 0.25) is 0 Å². The lowest BCUT2D eigenvalue weighted by Gasteiger charge is -2.19. The number of nitrogens with one attached hydrogen (secondary N) is 1. The maximum atomic E-state index is 9.20. The maximum absolute atomic E-state index is 9.20. The van der Waals surface area contributed by atoms with Gasteiger partial charge in [0.15, 0.2) is 0 Å². The van der Waals surface area contributed by atoms with E-state index in [1.807, 2.05) is 12.1 Å². The Morgan fingerprint density at radius 1 is 1.35 bits per heavy atom. The second-order valence-corrected chi connectivity index (χ2v) is 4.45. The van der Waals surface area contributed by atoms with E-state index in [-0.39, 0.29) is 6.04 Å². The van der Waals surface area contributed by atoms with Crippen LogP contribution in [0.2, 0.25) is 0 Å². The Kier molecular flexibility index (Phi) is 5.59. The normalized spacial score (nSPS) is 13.9. The summed E-state index contributed by atoms with van der Waals surface area (Å²) in [6.07, 6.45) is 8.50. The second-order valence-electron chi connectivity index (χ2n) is 4.45. The third-order valence-electron chi connectivity index (χ3n) is 2.74. The Morgan fingerprint density at radius 3 is 2.53 bits per heavy atom. The van der Waals surface area contributed by atoms with Crippen LogP contribution in [0.3, 0.4) is 0 Å². The fourth-order valence-electron chi connectivity index (χ4n) is 1.89. The van der Waals surface area contributed by atoms with Gasteiger partial charge in [-0.3, -0.25) is 0 Å². The SMILES string of the molecule is C#CC(CCC)NC(C)Cc1ccc(O)cc1. The molecule has 1 rings (SSSR count). The molecule has 17 heavy (non-hydrogen) atoms. The summed E-state index contributed by atoms with van der Waals surface area (Å²) >= 11 is 0. The van der Waals surface area contributed by atoms with E-state index < -0.39 is 0 Å². The molecule has 0 spiro atoms. The summed E-state index contributed by atoms with van der Waals surface area (Å²) in [6.45, 7) is 4.27. The topological polar surface area (TPSA) is 32.3 Å². The van der Waals surface area contributed by atoms with Crippen molar-refractivity contribution in [3.8, 4) is 18.1 Å². The molecule has 0 saturated carbocycles. The molecule has 0 heterocycles. The van der Waals surface area contributed by atoms with Crippen LogP contribution >= 0.6 is 0 Å². The van der Waals surface area contributed by atoms with Gasteiger partial charge < -0.3 is 10.4 Å². The number of aromatic hydroxyl groups is 1. The summed E-state index contributed by atoms with van der Waals surface area (Å²) in [5, 5.41) is 12.6. The molecule has 0 bridgehead atoms. The number of benzene rings is 1. The van der Waals surface area contributed by atoms with Crippen molar-refractivity contribution in [2.75, 3.05) is 0 Å². The largest absolute Gasteiger partial charge is 0.508 e. The van der Waals surface area contributed by atoms with Crippen molar-refractivity contribution in [2.24, 2.45) is 0 Å². The lowest BCUT2D eigenvalue weighted by atomic mass is 10.1. The molecule has 0 fully saturated rings. The van der Waals surface area contributed by atoms with Gasteiger partial charge in [-0.05, 0) is 37.5 Å². The molecule has 0 radical (unpaired) electrons. The van der Waals surface area contributed by atoms with Crippen molar-refractivity contribution in [3.05, 3.63) is 29.8 Å². The summed E-state index contributed by atoms with van der Waals surface area (Å²) in [7, 11) is 0. The van der Waals surface area contributed by atoms with Gasteiger partial charge in [0, 0.05) is 6.04 Å².